The van der Waals surface area contributed by atoms with E-state index in [1.54, 1.807) is 0 Å². The van der Waals surface area contributed by atoms with E-state index in [9.17, 15) is 13.2 Å². The molecule has 1 N–H and O–H groups in total. The minimum absolute atomic E-state index is 0.0534. The molecule has 0 amide bonds. The van der Waals surface area contributed by atoms with E-state index in [-0.39, 0.29) is 17.4 Å². The van der Waals surface area contributed by atoms with Gasteiger partial charge in [-0.25, -0.2) is 8.42 Å². The first kappa shape index (κ1) is 10.5. The topological polar surface area (TPSA) is 71.4 Å². The normalized spacial score (nSPS) is 31.8. The molecule has 0 spiro atoms. The van der Waals surface area contributed by atoms with E-state index in [0.29, 0.717) is 6.42 Å². The van der Waals surface area contributed by atoms with Crippen LogP contribution in [0.25, 0.3) is 0 Å². The third kappa shape index (κ3) is 2.43. The zero-order chi connectivity index (χ0) is 10.1. The summed E-state index contributed by atoms with van der Waals surface area (Å²) < 4.78 is 22.3. The van der Waals surface area contributed by atoms with E-state index >= 15 is 0 Å². The van der Waals surface area contributed by atoms with Crippen LogP contribution in [0.15, 0.2) is 0 Å². The van der Waals surface area contributed by atoms with Crippen molar-refractivity contribution in [3.05, 3.63) is 0 Å². The van der Waals surface area contributed by atoms with Crippen molar-refractivity contribution in [3.63, 3.8) is 0 Å². The van der Waals surface area contributed by atoms with Crippen molar-refractivity contribution < 1.29 is 18.3 Å². The molecule has 0 radical (unpaired) electrons. The van der Waals surface area contributed by atoms with Crippen LogP contribution in [0.4, 0.5) is 0 Å². The van der Waals surface area contributed by atoms with Gasteiger partial charge in [0.05, 0.1) is 17.4 Å². The van der Waals surface area contributed by atoms with Gasteiger partial charge >= 0.3 is 5.97 Å². The molecule has 2 atom stereocenters. The lowest BCUT2D eigenvalue weighted by Gasteiger charge is -2.11. The first-order valence-electron chi connectivity index (χ1n) is 4.39. The fourth-order valence-electron chi connectivity index (χ4n) is 1.85. The minimum Gasteiger partial charge on any atom is -0.481 e. The van der Waals surface area contributed by atoms with Crippen molar-refractivity contribution in [2.45, 2.75) is 19.8 Å². The number of carbonyl (C=O) groups is 1. The van der Waals surface area contributed by atoms with E-state index in [2.05, 4.69) is 0 Å². The van der Waals surface area contributed by atoms with E-state index < -0.39 is 21.7 Å². The van der Waals surface area contributed by atoms with Crippen LogP contribution in [0.2, 0.25) is 0 Å². The average Bonchev–Trinajstić information content (AvgIpc) is 2.26. The quantitative estimate of drug-likeness (QED) is 0.731. The van der Waals surface area contributed by atoms with Crippen LogP contribution in [0.1, 0.15) is 19.8 Å². The largest absolute Gasteiger partial charge is 0.481 e. The van der Waals surface area contributed by atoms with E-state index in [1.165, 1.54) is 0 Å². The molecule has 1 saturated heterocycles. The van der Waals surface area contributed by atoms with Crippen LogP contribution >= 0.6 is 0 Å². The number of aliphatic carboxylic acids is 1. The van der Waals surface area contributed by atoms with Gasteiger partial charge in [0, 0.05) is 0 Å². The number of rotatable bonds is 3. The van der Waals surface area contributed by atoms with Gasteiger partial charge in [-0.15, -0.1) is 0 Å². The van der Waals surface area contributed by atoms with Crippen LogP contribution in [0, 0.1) is 11.8 Å². The maximum atomic E-state index is 11.2. The van der Waals surface area contributed by atoms with Crippen LogP contribution in [0.3, 0.4) is 0 Å². The predicted molar refractivity (Wildman–Crippen MR) is 48.2 cm³/mol. The van der Waals surface area contributed by atoms with Crippen molar-refractivity contribution in [3.8, 4) is 0 Å². The van der Waals surface area contributed by atoms with Crippen molar-refractivity contribution in [2.75, 3.05) is 11.5 Å². The number of carboxylic acids is 1. The molecule has 0 aromatic heterocycles. The second kappa shape index (κ2) is 3.65. The third-order valence-corrected chi connectivity index (χ3v) is 4.25. The molecule has 5 heteroatoms. The molecule has 0 aromatic carbocycles. The first-order chi connectivity index (χ1) is 5.96. The van der Waals surface area contributed by atoms with Gasteiger partial charge in [-0.3, -0.25) is 4.79 Å². The van der Waals surface area contributed by atoms with Crippen molar-refractivity contribution in [1.29, 1.82) is 0 Å². The number of sulfone groups is 1. The van der Waals surface area contributed by atoms with E-state index in [1.807, 2.05) is 6.92 Å². The Labute approximate surface area is 77.9 Å². The molecule has 0 aliphatic carbocycles. The highest BCUT2D eigenvalue weighted by molar-refractivity contribution is 7.91. The van der Waals surface area contributed by atoms with Crippen LogP contribution in [0.5, 0.6) is 0 Å². The maximum Gasteiger partial charge on any atom is 0.307 e. The Morgan fingerprint density at radius 3 is 2.54 bits per heavy atom. The molecule has 0 bridgehead atoms. The Morgan fingerprint density at radius 2 is 2.08 bits per heavy atom. The van der Waals surface area contributed by atoms with Gasteiger partial charge in [0.15, 0.2) is 9.84 Å². The lowest BCUT2D eigenvalue weighted by molar-refractivity contribution is -0.142. The van der Waals surface area contributed by atoms with Gasteiger partial charge in [-0.2, -0.15) is 0 Å². The Bertz CT molecular complexity index is 293. The molecular weight excluding hydrogens is 192 g/mol. The predicted octanol–water partition coefficient (Wildman–Crippen LogP) is 0.532. The summed E-state index contributed by atoms with van der Waals surface area (Å²) in [5.41, 5.74) is 0. The Hall–Kier alpha value is -0.580. The molecule has 1 rings (SSSR count). The van der Waals surface area contributed by atoms with E-state index in [0.717, 1.165) is 6.42 Å². The molecule has 4 nitrogen and oxygen atoms in total. The summed E-state index contributed by atoms with van der Waals surface area (Å²) >= 11 is 0. The van der Waals surface area contributed by atoms with Gasteiger partial charge in [0.2, 0.25) is 0 Å². The molecule has 1 aliphatic heterocycles. The lowest BCUT2D eigenvalue weighted by atomic mass is 9.92. The molecule has 1 fully saturated rings. The zero-order valence-corrected chi connectivity index (χ0v) is 8.38. The molecular formula is C8H14O4S. The van der Waals surface area contributed by atoms with Gasteiger partial charge in [0.1, 0.15) is 0 Å². The van der Waals surface area contributed by atoms with Crippen molar-refractivity contribution in [1.82, 2.24) is 0 Å². The molecule has 1 aliphatic rings. The molecule has 0 aromatic rings. The summed E-state index contributed by atoms with van der Waals surface area (Å²) in [4.78, 5) is 10.7. The van der Waals surface area contributed by atoms with Crippen LogP contribution in [-0.2, 0) is 14.6 Å². The SMILES string of the molecule is CCCC1CS(=O)(=O)CC1C(=O)O. The fraction of sp³-hybridized carbons (Fsp3) is 0.875. The molecule has 76 valence electrons. The summed E-state index contributed by atoms with van der Waals surface area (Å²) in [7, 11) is -3.09. The van der Waals surface area contributed by atoms with Crippen molar-refractivity contribution >= 4 is 15.8 Å². The summed E-state index contributed by atoms with van der Waals surface area (Å²) in [5.74, 6) is -1.94. The number of hydrogen-bond acceptors (Lipinski definition) is 3. The minimum atomic E-state index is -3.09. The average molecular weight is 206 g/mol. The highest BCUT2D eigenvalue weighted by Crippen LogP contribution is 2.29. The Morgan fingerprint density at radius 1 is 1.46 bits per heavy atom. The maximum absolute atomic E-state index is 11.2. The Kier molecular flexibility index (Phi) is 2.95. The smallest absolute Gasteiger partial charge is 0.307 e. The summed E-state index contributed by atoms with van der Waals surface area (Å²) in [6.07, 6.45) is 1.53. The molecule has 2 unspecified atom stereocenters. The standard InChI is InChI=1S/C8H14O4S/c1-2-3-6-4-13(11,12)5-7(6)8(9)10/h6-7H,2-5H2,1H3,(H,9,10). The first-order valence-corrected chi connectivity index (χ1v) is 6.21. The Balaban J connectivity index is 2.77. The second-order valence-electron chi connectivity index (χ2n) is 3.57. The number of hydrogen-bond donors (Lipinski definition) is 1. The lowest BCUT2D eigenvalue weighted by Crippen LogP contribution is -2.21. The second-order valence-corrected chi connectivity index (χ2v) is 5.72. The fourth-order valence-corrected chi connectivity index (χ4v) is 4.00. The number of carboxylic acid groups (broad SMARTS) is 1. The van der Waals surface area contributed by atoms with Crippen LogP contribution in [-0.4, -0.2) is 31.0 Å². The molecule has 0 saturated carbocycles. The summed E-state index contributed by atoms with van der Waals surface area (Å²) in [6, 6.07) is 0. The molecule has 13 heavy (non-hydrogen) atoms. The van der Waals surface area contributed by atoms with Crippen molar-refractivity contribution in [2.24, 2.45) is 11.8 Å². The summed E-state index contributed by atoms with van der Waals surface area (Å²) in [5, 5.41) is 8.78. The third-order valence-electron chi connectivity index (χ3n) is 2.45. The zero-order valence-electron chi connectivity index (χ0n) is 7.56. The van der Waals surface area contributed by atoms with Gasteiger partial charge in [-0.1, -0.05) is 13.3 Å². The van der Waals surface area contributed by atoms with E-state index in [4.69, 9.17) is 5.11 Å². The monoisotopic (exact) mass is 206 g/mol. The highest BCUT2D eigenvalue weighted by atomic mass is 32.2. The van der Waals surface area contributed by atoms with Crippen LogP contribution < -0.4 is 0 Å². The van der Waals surface area contributed by atoms with Gasteiger partial charge < -0.3 is 5.11 Å². The molecule has 1 heterocycles. The summed E-state index contributed by atoms with van der Waals surface area (Å²) in [6.45, 7) is 1.93. The van der Waals surface area contributed by atoms with Gasteiger partial charge in [-0.05, 0) is 12.3 Å². The van der Waals surface area contributed by atoms with Gasteiger partial charge in [0.25, 0.3) is 0 Å². The highest BCUT2D eigenvalue weighted by Gasteiger charge is 2.41.